The van der Waals surface area contributed by atoms with Crippen LogP contribution in [-0.4, -0.2) is 54.4 Å². The van der Waals surface area contributed by atoms with Crippen LogP contribution in [0.4, 0.5) is 5.82 Å². The van der Waals surface area contributed by atoms with Crippen LogP contribution in [0.2, 0.25) is 0 Å². The average Bonchev–Trinajstić information content (AvgIpc) is 3.20. The predicted octanol–water partition coefficient (Wildman–Crippen LogP) is 1.27. The third kappa shape index (κ3) is 3.12. The standard InChI is InChI=1S/C18H21N7O2/c1-4-17(26)24(3)12-5-13(6-12)27-18-15-7-16(19)22-25(15)10-14(21-18)11-8-20-23(2)9-11/h4,7-10,12-13H,1,5-6H2,2-3H3,(H2,19,22). The van der Waals surface area contributed by atoms with E-state index in [-0.39, 0.29) is 18.1 Å². The van der Waals surface area contributed by atoms with Crippen LogP contribution in [0, 0.1) is 0 Å². The monoisotopic (exact) mass is 367 g/mol. The number of rotatable bonds is 5. The minimum atomic E-state index is -0.0823. The molecule has 1 fully saturated rings. The molecular formula is C18H21N7O2. The Morgan fingerprint density at radius 2 is 2.22 bits per heavy atom. The van der Waals surface area contributed by atoms with E-state index in [9.17, 15) is 4.79 Å². The van der Waals surface area contributed by atoms with Crippen LogP contribution in [0.15, 0.2) is 37.3 Å². The minimum Gasteiger partial charge on any atom is -0.473 e. The molecule has 0 aliphatic heterocycles. The first-order valence-corrected chi connectivity index (χ1v) is 8.65. The molecule has 0 atom stereocenters. The molecule has 1 aliphatic rings. The largest absolute Gasteiger partial charge is 0.473 e. The number of anilines is 1. The Kier molecular flexibility index (Phi) is 4.06. The van der Waals surface area contributed by atoms with Crippen molar-refractivity contribution in [1.82, 2.24) is 29.3 Å². The molecule has 3 heterocycles. The molecule has 0 radical (unpaired) electrons. The van der Waals surface area contributed by atoms with E-state index >= 15 is 0 Å². The Morgan fingerprint density at radius 3 is 2.89 bits per heavy atom. The van der Waals surface area contributed by atoms with Crippen LogP contribution in [0.5, 0.6) is 5.88 Å². The summed E-state index contributed by atoms with van der Waals surface area (Å²) in [4.78, 5) is 18.1. The number of hydrogen-bond donors (Lipinski definition) is 1. The first-order chi connectivity index (χ1) is 12.9. The molecule has 3 aromatic rings. The number of aryl methyl sites for hydroxylation is 1. The molecule has 1 aliphatic carbocycles. The number of nitrogens with zero attached hydrogens (tertiary/aromatic N) is 6. The predicted molar refractivity (Wildman–Crippen MR) is 100 cm³/mol. The maximum absolute atomic E-state index is 11.7. The zero-order chi connectivity index (χ0) is 19.1. The Hall–Kier alpha value is -3.36. The first-order valence-electron chi connectivity index (χ1n) is 8.65. The highest BCUT2D eigenvalue weighted by atomic mass is 16.5. The molecule has 1 saturated carbocycles. The summed E-state index contributed by atoms with van der Waals surface area (Å²) in [7, 11) is 3.63. The maximum Gasteiger partial charge on any atom is 0.245 e. The highest BCUT2D eigenvalue weighted by Crippen LogP contribution is 2.32. The van der Waals surface area contributed by atoms with Crippen molar-refractivity contribution in [3.8, 4) is 17.1 Å². The molecule has 2 N–H and O–H groups in total. The third-order valence-corrected chi connectivity index (χ3v) is 4.86. The van der Waals surface area contributed by atoms with E-state index in [4.69, 9.17) is 10.5 Å². The van der Waals surface area contributed by atoms with Crippen molar-refractivity contribution in [3.05, 3.63) is 37.3 Å². The molecule has 27 heavy (non-hydrogen) atoms. The van der Waals surface area contributed by atoms with Gasteiger partial charge in [-0.05, 0) is 6.08 Å². The van der Waals surface area contributed by atoms with E-state index in [1.807, 2.05) is 13.2 Å². The summed E-state index contributed by atoms with van der Waals surface area (Å²) in [6.07, 6.45) is 8.20. The molecule has 0 aromatic carbocycles. The van der Waals surface area contributed by atoms with Gasteiger partial charge in [-0.2, -0.15) is 10.2 Å². The smallest absolute Gasteiger partial charge is 0.245 e. The summed E-state index contributed by atoms with van der Waals surface area (Å²) in [5.41, 5.74) is 8.12. The van der Waals surface area contributed by atoms with Crippen molar-refractivity contribution in [2.75, 3.05) is 12.8 Å². The number of ether oxygens (including phenoxy) is 1. The van der Waals surface area contributed by atoms with E-state index in [1.54, 1.807) is 39.6 Å². The van der Waals surface area contributed by atoms with Gasteiger partial charge in [0.1, 0.15) is 17.4 Å². The van der Waals surface area contributed by atoms with Crippen molar-refractivity contribution in [2.24, 2.45) is 7.05 Å². The first kappa shape index (κ1) is 17.1. The Morgan fingerprint density at radius 1 is 1.44 bits per heavy atom. The fourth-order valence-corrected chi connectivity index (χ4v) is 3.19. The van der Waals surface area contributed by atoms with E-state index in [0.29, 0.717) is 22.9 Å². The Labute approximate surface area is 156 Å². The van der Waals surface area contributed by atoms with E-state index in [2.05, 4.69) is 21.8 Å². The van der Waals surface area contributed by atoms with Crippen LogP contribution in [0.1, 0.15) is 12.8 Å². The second kappa shape index (κ2) is 6.42. The van der Waals surface area contributed by atoms with Gasteiger partial charge in [0.2, 0.25) is 11.8 Å². The maximum atomic E-state index is 11.7. The lowest BCUT2D eigenvalue weighted by atomic mass is 9.88. The van der Waals surface area contributed by atoms with Gasteiger partial charge in [0.05, 0.1) is 18.1 Å². The van der Waals surface area contributed by atoms with E-state index in [0.717, 1.165) is 18.4 Å². The summed E-state index contributed by atoms with van der Waals surface area (Å²) in [6, 6.07) is 1.88. The molecule has 1 amide bonds. The highest BCUT2D eigenvalue weighted by Gasteiger charge is 2.35. The van der Waals surface area contributed by atoms with Gasteiger partial charge in [-0.1, -0.05) is 6.58 Å². The van der Waals surface area contributed by atoms with Crippen LogP contribution < -0.4 is 10.5 Å². The zero-order valence-corrected chi connectivity index (χ0v) is 15.2. The van der Waals surface area contributed by atoms with Crippen molar-refractivity contribution < 1.29 is 9.53 Å². The van der Waals surface area contributed by atoms with Gasteiger partial charge in [-0.3, -0.25) is 9.48 Å². The quantitative estimate of drug-likeness (QED) is 0.681. The summed E-state index contributed by atoms with van der Waals surface area (Å²) < 4.78 is 9.50. The highest BCUT2D eigenvalue weighted by molar-refractivity contribution is 5.87. The SMILES string of the molecule is C=CC(=O)N(C)C1CC(Oc2nc(-c3cnn(C)c3)cn3nc(N)cc23)C1. The van der Waals surface area contributed by atoms with Gasteiger partial charge < -0.3 is 15.4 Å². The van der Waals surface area contributed by atoms with Crippen LogP contribution >= 0.6 is 0 Å². The number of carbonyl (C=O) groups is 1. The summed E-state index contributed by atoms with van der Waals surface area (Å²) in [5, 5.41) is 8.46. The number of aromatic nitrogens is 5. The number of fused-ring (bicyclic) bond motifs is 1. The molecule has 0 bridgehead atoms. The Bertz CT molecular complexity index is 1020. The second-order valence-electron chi connectivity index (χ2n) is 6.75. The van der Waals surface area contributed by atoms with Crippen molar-refractivity contribution in [3.63, 3.8) is 0 Å². The zero-order valence-electron chi connectivity index (χ0n) is 15.2. The van der Waals surface area contributed by atoms with Gasteiger partial charge in [-0.25, -0.2) is 9.50 Å². The van der Waals surface area contributed by atoms with Crippen molar-refractivity contribution >= 4 is 17.2 Å². The lowest BCUT2D eigenvalue weighted by Gasteiger charge is -2.40. The molecule has 0 saturated heterocycles. The van der Waals surface area contributed by atoms with Gasteiger partial charge >= 0.3 is 0 Å². The summed E-state index contributed by atoms with van der Waals surface area (Å²) in [5.74, 6) is 0.788. The fourth-order valence-electron chi connectivity index (χ4n) is 3.19. The summed E-state index contributed by atoms with van der Waals surface area (Å²) in [6.45, 7) is 3.53. The number of nitrogen functional groups attached to an aromatic ring is 1. The van der Waals surface area contributed by atoms with Crippen LogP contribution in [0.3, 0.4) is 0 Å². The van der Waals surface area contributed by atoms with Gasteiger partial charge in [-0.15, -0.1) is 0 Å². The van der Waals surface area contributed by atoms with Gasteiger partial charge in [0.25, 0.3) is 0 Å². The number of likely N-dealkylation sites (N-methyl/N-ethyl adjacent to an activating group) is 1. The Balaban J connectivity index is 1.58. The third-order valence-electron chi connectivity index (χ3n) is 4.86. The topological polar surface area (TPSA) is 104 Å². The molecule has 0 unspecified atom stereocenters. The molecule has 0 spiro atoms. The molecule has 140 valence electrons. The van der Waals surface area contributed by atoms with Gasteiger partial charge in [0.15, 0.2) is 0 Å². The minimum absolute atomic E-state index is 0.0216. The van der Waals surface area contributed by atoms with Crippen molar-refractivity contribution in [2.45, 2.75) is 25.0 Å². The fraction of sp³-hybridized carbons (Fsp3) is 0.333. The van der Waals surface area contributed by atoms with Gasteiger partial charge in [0, 0.05) is 50.8 Å². The normalized spacial score (nSPS) is 18.9. The number of hydrogen-bond acceptors (Lipinski definition) is 6. The van der Waals surface area contributed by atoms with Crippen LogP contribution in [0.25, 0.3) is 16.8 Å². The lowest BCUT2D eigenvalue weighted by molar-refractivity contribution is -0.130. The van der Waals surface area contributed by atoms with E-state index < -0.39 is 0 Å². The summed E-state index contributed by atoms with van der Waals surface area (Å²) >= 11 is 0. The molecule has 9 nitrogen and oxygen atoms in total. The molecule has 3 aromatic heterocycles. The molecular weight excluding hydrogens is 346 g/mol. The number of amides is 1. The second-order valence-corrected chi connectivity index (χ2v) is 6.75. The molecule has 9 heteroatoms. The number of carbonyl (C=O) groups excluding carboxylic acids is 1. The lowest BCUT2D eigenvalue weighted by Crippen LogP contribution is -2.49. The van der Waals surface area contributed by atoms with Crippen molar-refractivity contribution in [1.29, 1.82) is 0 Å². The average molecular weight is 367 g/mol. The van der Waals surface area contributed by atoms with Crippen LogP contribution in [-0.2, 0) is 11.8 Å². The molecule has 4 rings (SSSR count). The number of nitrogens with two attached hydrogens (primary N) is 1. The van der Waals surface area contributed by atoms with E-state index in [1.165, 1.54) is 6.08 Å².